The molecule has 0 fully saturated rings. The second-order valence-electron chi connectivity index (χ2n) is 8.52. The number of para-hydroxylation sites is 2. The zero-order chi connectivity index (χ0) is 24.6. The third-order valence-corrected chi connectivity index (χ3v) is 5.97. The fourth-order valence-corrected chi connectivity index (χ4v) is 4.12. The first-order valence-electron chi connectivity index (χ1n) is 12.4. The lowest BCUT2D eigenvalue weighted by atomic mass is 10.0. The summed E-state index contributed by atoms with van der Waals surface area (Å²) < 4.78 is 7.99. The van der Waals surface area contributed by atoms with Crippen molar-refractivity contribution in [2.24, 2.45) is 4.99 Å². The van der Waals surface area contributed by atoms with Crippen molar-refractivity contribution >= 4 is 12.0 Å². The molecule has 36 heavy (non-hydrogen) atoms. The van der Waals surface area contributed by atoms with Crippen molar-refractivity contribution in [1.29, 1.82) is 0 Å². The largest absolute Gasteiger partial charge is 0.493 e. The van der Waals surface area contributed by atoms with Crippen molar-refractivity contribution in [2.45, 2.75) is 19.8 Å². The molecule has 178 valence electrons. The summed E-state index contributed by atoms with van der Waals surface area (Å²) in [5.74, 6) is 1.61. The van der Waals surface area contributed by atoms with E-state index in [2.05, 4.69) is 43.3 Å². The number of hydrogen-bond acceptors (Lipinski definition) is 3. The van der Waals surface area contributed by atoms with E-state index in [0.29, 0.717) is 6.61 Å². The van der Waals surface area contributed by atoms with E-state index in [0.717, 1.165) is 58.0 Å². The van der Waals surface area contributed by atoms with Gasteiger partial charge in [0, 0.05) is 17.3 Å². The Hall–Kier alpha value is -4.44. The molecule has 0 N–H and O–H groups in total. The van der Waals surface area contributed by atoms with Crippen molar-refractivity contribution in [1.82, 2.24) is 9.78 Å². The van der Waals surface area contributed by atoms with Gasteiger partial charge in [-0.3, -0.25) is 0 Å². The van der Waals surface area contributed by atoms with E-state index in [1.807, 2.05) is 89.8 Å². The lowest BCUT2D eigenvalue weighted by Crippen LogP contribution is -2.00. The average molecular weight is 472 g/mol. The molecule has 4 nitrogen and oxygen atoms in total. The molecule has 1 heterocycles. The Kier molecular flexibility index (Phi) is 7.33. The summed E-state index contributed by atoms with van der Waals surface area (Å²) in [7, 11) is 0. The zero-order valence-electron chi connectivity index (χ0n) is 20.4. The molecule has 1 aromatic heterocycles. The van der Waals surface area contributed by atoms with Gasteiger partial charge >= 0.3 is 0 Å². The first-order valence-corrected chi connectivity index (χ1v) is 12.4. The minimum atomic E-state index is 0.691. The Morgan fingerprint density at radius 2 is 1.36 bits per heavy atom. The molecule has 4 heteroatoms. The maximum atomic E-state index is 6.06. The molecule has 4 aromatic carbocycles. The van der Waals surface area contributed by atoms with E-state index in [9.17, 15) is 0 Å². The predicted octanol–water partition coefficient (Wildman–Crippen LogP) is 8.14. The SMILES string of the molecule is CCCCOc1ccccc1C=Nc1c(-c2ccccc2)c(-c2ccccc2)nn1-c1ccccc1. The average Bonchev–Trinajstić information content (AvgIpc) is 3.33. The highest BCUT2D eigenvalue weighted by Gasteiger charge is 2.21. The molecule has 0 spiro atoms. The van der Waals surface area contributed by atoms with Crippen LogP contribution >= 0.6 is 0 Å². The van der Waals surface area contributed by atoms with Gasteiger partial charge in [-0.15, -0.1) is 0 Å². The molecular formula is C32H29N3O. The van der Waals surface area contributed by atoms with Crippen LogP contribution in [0.3, 0.4) is 0 Å². The lowest BCUT2D eigenvalue weighted by Gasteiger charge is -2.09. The van der Waals surface area contributed by atoms with Crippen LogP contribution in [0.1, 0.15) is 25.3 Å². The number of aliphatic imine (C=N–C) groups is 1. The van der Waals surface area contributed by atoms with Crippen LogP contribution in [0.5, 0.6) is 5.75 Å². The van der Waals surface area contributed by atoms with Gasteiger partial charge in [-0.05, 0) is 36.2 Å². The van der Waals surface area contributed by atoms with E-state index in [1.54, 1.807) is 0 Å². The summed E-state index contributed by atoms with van der Waals surface area (Å²) >= 11 is 0. The van der Waals surface area contributed by atoms with Crippen LogP contribution < -0.4 is 4.74 Å². The summed E-state index contributed by atoms with van der Waals surface area (Å²) in [6.07, 6.45) is 4.00. The normalized spacial score (nSPS) is 11.1. The maximum absolute atomic E-state index is 6.06. The van der Waals surface area contributed by atoms with Crippen LogP contribution in [0.4, 0.5) is 5.82 Å². The van der Waals surface area contributed by atoms with Gasteiger partial charge in [-0.1, -0.05) is 104 Å². The summed E-state index contributed by atoms with van der Waals surface area (Å²) in [4.78, 5) is 5.06. The number of hydrogen-bond donors (Lipinski definition) is 0. The van der Waals surface area contributed by atoms with Gasteiger partial charge in [0.25, 0.3) is 0 Å². The van der Waals surface area contributed by atoms with Gasteiger partial charge in [-0.25, -0.2) is 9.67 Å². The van der Waals surface area contributed by atoms with Crippen molar-refractivity contribution in [2.75, 3.05) is 6.61 Å². The number of nitrogens with zero attached hydrogens (tertiary/aromatic N) is 3. The van der Waals surface area contributed by atoms with Crippen molar-refractivity contribution < 1.29 is 4.74 Å². The summed E-state index contributed by atoms with van der Waals surface area (Å²) in [5, 5.41) is 5.09. The minimum Gasteiger partial charge on any atom is -0.493 e. The predicted molar refractivity (Wildman–Crippen MR) is 149 cm³/mol. The second kappa shape index (κ2) is 11.3. The molecule has 5 aromatic rings. The van der Waals surface area contributed by atoms with E-state index in [-0.39, 0.29) is 0 Å². The van der Waals surface area contributed by atoms with E-state index in [1.165, 1.54) is 0 Å². The van der Waals surface area contributed by atoms with Crippen LogP contribution in [0.2, 0.25) is 0 Å². The first kappa shape index (κ1) is 23.3. The molecule has 0 aliphatic rings. The Morgan fingerprint density at radius 3 is 2.06 bits per heavy atom. The number of unbranched alkanes of at least 4 members (excludes halogenated alkanes) is 1. The van der Waals surface area contributed by atoms with Crippen LogP contribution in [-0.4, -0.2) is 22.6 Å². The molecule has 0 aliphatic carbocycles. The first-order chi connectivity index (χ1) is 17.8. The Balaban J connectivity index is 1.69. The van der Waals surface area contributed by atoms with Gasteiger partial charge in [0.1, 0.15) is 11.4 Å². The standard InChI is InChI=1S/C32H29N3O/c1-2-3-23-36-29-22-14-13-19-27(29)24-33-32-30(25-15-7-4-8-16-25)31(26-17-9-5-10-18-26)34-35(32)28-20-11-6-12-21-28/h4-22,24H,2-3,23H2,1H3. The van der Waals surface area contributed by atoms with E-state index < -0.39 is 0 Å². The van der Waals surface area contributed by atoms with Gasteiger partial charge in [0.05, 0.1) is 17.9 Å². The third kappa shape index (κ3) is 5.13. The van der Waals surface area contributed by atoms with Crippen LogP contribution in [0, 0.1) is 0 Å². The zero-order valence-corrected chi connectivity index (χ0v) is 20.4. The lowest BCUT2D eigenvalue weighted by molar-refractivity contribution is 0.309. The number of rotatable bonds is 9. The quantitative estimate of drug-likeness (QED) is 0.161. The highest BCUT2D eigenvalue weighted by Crippen LogP contribution is 2.40. The van der Waals surface area contributed by atoms with Gasteiger partial charge in [0.15, 0.2) is 5.82 Å². The molecule has 0 amide bonds. The smallest absolute Gasteiger partial charge is 0.164 e. The summed E-state index contributed by atoms with van der Waals surface area (Å²) in [6, 6.07) is 38.8. The molecule has 0 radical (unpaired) electrons. The molecule has 0 saturated carbocycles. The minimum absolute atomic E-state index is 0.691. The monoisotopic (exact) mass is 471 g/mol. The van der Waals surface area contributed by atoms with Gasteiger partial charge in [0.2, 0.25) is 0 Å². The van der Waals surface area contributed by atoms with E-state index >= 15 is 0 Å². The Morgan fingerprint density at radius 1 is 0.750 bits per heavy atom. The third-order valence-electron chi connectivity index (χ3n) is 5.97. The molecule has 5 rings (SSSR count). The Labute approximate surface area is 212 Å². The highest BCUT2D eigenvalue weighted by molar-refractivity contribution is 5.92. The fourth-order valence-electron chi connectivity index (χ4n) is 4.12. The molecule has 0 atom stereocenters. The number of benzene rings is 4. The molecular weight excluding hydrogens is 442 g/mol. The summed E-state index contributed by atoms with van der Waals surface area (Å²) in [6.45, 7) is 2.85. The topological polar surface area (TPSA) is 39.4 Å². The fraction of sp³-hybridized carbons (Fsp3) is 0.125. The molecule has 0 saturated heterocycles. The molecule has 0 aliphatic heterocycles. The van der Waals surface area contributed by atoms with E-state index in [4.69, 9.17) is 14.8 Å². The Bertz CT molecular complexity index is 1420. The van der Waals surface area contributed by atoms with Crippen molar-refractivity contribution in [3.63, 3.8) is 0 Å². The number of ether oxygens (including phenoxy) is 1. The second-order valence-corrected chi connectivity index (χ2v) is 8.52. The molecule has 0 unspecified atom stereocenters. The highest BCUT2D eigenvalue weighted by atomic mass is 16.5. The summed E-state index contributed by atoms with van der Waals surface area (Å²) in [5.41, 5.74) is 5.90. The van der Waals surface area contributed by atoms with Crippen molar-refractivity contribution in [3.8, 4) is 33.8 Å². The van der Waals surface area contributed by atoms with Gasteiger partial charge in [-0.2, -0.15) is 5.10 Å². The van der Waals surface area contributed by atoms with Crippen LogP contribution in [-0.2, 0) is 0 Å². The maximum Gasteiger partial charge on any atom is 0.164 e. The van der Waals surface area contributed by atoms with Gasteiger partial charge < -0.3 is 4.74 Å². The molecule has 0 bridgehead atoms. The number of aromatic nitrogens is 2. The van der Waals surface area contributed by atoms with Crippen molar-refractivity contribution in [3.05, 3.63) is 121 Å². The van der Waals surface area contributed by atoms with Crippen LogP contribution in [0.25, 0.3) is 28.1 Å². The van der Waals surface area contributed by atoms with Crippen LogP contribution in [0.15, 0.2) is 120 Å².